The molecule has 0 aliphatic heterocycles. The number of halogens is 4. The molecule has 4 nitrogen and oxygen atoms in total. The van der Waals surface area contributed by atoms with Crippen LogP contribution in [0.1, 0.15) is 23.5 Å². The molecule has 1 aromatic heterocycles. The van der Waals surface area contributed by atoms with Gasteiger partial charge >= 0.3 is 0 Å². The van der Waals surface area contributed by atoms with Gasteiger partial charge in [0.15, 0.2) is 11.6 Å². The van der Waals surface area contributed by atoms with Crippen molar-refractivity contribution in [2.24, 2.45) is 0 Å². The fourth-order valence-corrected chi connectivity index (χ4v) is 4.84. The molecule has 35 heavy (non-hydrogen) atoms. The third kappa shape index (κ3) is 3.88. The summed E-state index contributed by atoms with van der Waals surface area (Å²) in [5.41, 5.74) is 2.11. The predicted molar refractivity (Wildman–Crippen MR) is 127 cm³/mol. The van der Waals surface area contributed by atoms with Gasteiger partial charge in [-0.1, -0.05) is 24.3 Å². The number of benzene rings is 3. The highest BCUT2D eigenvalue weighted by Crippen LogP contribution is 2.40. The van der Waals surface area contributed by atoms with Crippen molar-refractivity contribution < 1.29 is 22.4 Å². The van der Waals surface area contributed by atoms with Gasteiger partial charge in [0.25, 0.3) is 0 Å². The van der Waals surface area contributed by atoms with Crippen LogP contribution in [0, 0.1) is 23.3 Å². The molecule has 1 heterocycles. The van der Waals surface area contributed by atoms with Gasteiger partial charge in [-0.15, -0.1) is 0 Å². The monoisotopic (exact) mass is 479 g/mol. The third-order valence-corrected chi connectivity index (χ3v) is 6.38. The third-order valence-electron chi connectivity index (χ3n) is 6.38. The Balaban J connectivity index is 1.63. The van der Waals surface area contributed by atoms with Crippen LogP contribution in [-0.2, 0) is 11.2 Å². The summed E-state index contributed by atoms with van der Waals surface area (Å²) < 4.78 is 57.3. The Bertz CT molecular complexity index is 1490. The molecule has 0 bridgehead atoms. The molecular formula is C27H21F4N3O. The maximum Gasteiger partial charge on any atom is 0.232 e. The largest absolute Gasteiger partial charge is 0.375 e. The van der Waals surface area contributed by atoms with Crippen molar-refractivity contribution in [3.8, 4) is 11.1 Å². The van der Waals surface area contributed by atoms with Crippen molar-refractivity contribution in [3.05, 3.63) is 89.1 Å². The molecule has 1 aliphatic rings. The molecule has 8 heteroatoms. The lowest BCUT2D eigenvalue weighted by Gasteiger charge is -2.22. The van der Waals surface area contributed by atoms with Gasteiger partial charge < -0.3 is 10.2 Å². The maximum absolute atomic E-state index is 14.9. The maximum atomic E-state index is 14.9. The van der Waals surface area contributed by atoms with E-state index in [-0.39, 0.29) is 22.9 Å². The number of fused-ring (bicyclic) bond motifs is 2. The van der Waals surface area contributed by atoms with E-state index >= 15 is 0 Å². The van der Waals surface area contributed by atoms with Gasteiger partial charge in [-0.05, 0) is 42.2 Å². The zero-order valence-electron chi connectivity index (χ0n) is 19.0. The van der Waals surface area contributed by atoms with E-state index in [0.717, 1.165) is 29.7 Å². The first-order valence-electron chi connectivity index (χ1n) is 11.1. The number of rotatable bonds is 4. The first-order chi connectivity index (χ1) is 16.8. The number of amides is 1. The standard InChI is InChI=1S/C27H21F4N3O/c1-34(2)26-18-9-10-20(29)23(19-11-15(28)12-21(30)24(19)31)25(18)32-13-22(26)33-27(35)17-8-7-14-5-3-4-6-16(14)17/h3-6,9-13,17H,7-8H2,1-2H3,(H,33,35)/t17-/m0/s1. The van der Waals surface area contributed by atoms with Crippen LogP contribution in [0.2, 0.25) is 0 Å². The number of pyridine rings is 1. The van der Waals surface area contributed by atoms with Crippen LogP contribution >= 0.6 is 0 Å². The molecule has 0 spiro atoms. The highest BCUT2D eigenvalue weighted by molar-refractivity contribution is 6.08. The van der Waals surface area contributed by atoms with Crippen LogP contribution < -0.4 is 10.2 Å². The second kappa shape index (κ2) is 8.69. The van der Waals surface area contributed by atoms with Crippen molar-refractivity contribution in [3.63, 3.8) is 0 Å². The van der Waals surface area contributed by atoms with E-state index in [9.17, 15) is 22.4 Å². The molecule has 0 radical (unpaired) electrons. The summed E-state index contributed by atoms with van der Waals surface area (Å²) in [6.07, 6.45) is 2.85. The molecule has 0 saturated carbocycles. The molecule has 4 aromatic rings. The van der Waals surface area contributed by atoms with E-state index in [2.05, 4.69) is 10.3 Å². The van der Waals surface area contributed by atoms with Crippen molar-refractivity contribution in [1.29, 1.82) is 0 Å². The molecule has 0 unspecified atom stereocenters. The minimum absolute atomic E-state index is 0.0156. The number of nitrogens with zero attached hydrogens (tertiary/aromatic N) is 2. The zero-order chi connectivity index (χ0) is 24.9. The van der Waals surface area contributed by atoms with Crippen LogP contribution in [-0.4, -0.2) is 25.0 Å². The second-order valence-corrected chi connectivity index (χ2v) is 8.76. The summed E-state index contributed by atoms with van der Waals surface area (Å²) in [7, 11) is 3.47. The molecule has 0 fully saturated rings. The molecule has 0 saturated heterocycles. The van der Waals surface area contributed by atoms with E-state index in [1.807, 2.05) is 24.3 Å². The number of aryl methyl sites for hydroxylation is 1. The van der Waals surface area contributed by atoms with E-state index < -0.39 is 28.8 Å². The minimum Gasteiger partial charge on any atom is -0.375 e. The Hall–Kier alpha value is -3.94. The van der Waals surface area contributed by atoms with Gasteiger partial charge in [0.05, 0.1) is 29.0 Å². The normalized spacial score (nSPS) is 14.7. The Morgan fingerprint density at radius 3 is 2.57 bits per heavy atom. The number of hydrogen-bond donors (Lipinski definition) is 1. The lowest BCUT2D eigenvalue weighted by molar-refractivity contribution is -0.117. The molecule has 1 aliphatic carbocycles. The molecule has 5 rings (SSSR count). The predicted octanol–water partition coefficient (Wildman–Crippen LogP) is 6.19. The van der Waals surface area contributed by atoms with Gasteiger partial charge in [-0.2, -0.15) is 0 Å². The number of carbonyl (C=O) groups is 1. The molecule has 178 valence electrons. The topological polar surface area (TPSA) is 45.2 Å². The van der Waals surface area contributed by atoms with Gasteiger partial charge in [-0.25, -0.2) is 17.6 Å². The summed E-state index contributed by atoms with van der Waals surface area (Å²) in [4.78, 5) is 19.2. The summed E-state index contributed by atoms with van der Waals surface area (Å²) >= 11 is 0. The summed E-state index contributed by atoms with van der Waals surface area (Å²) in [5, 5.41) is 3.33. The van der Waals surface area contributed by atoms with Crippen molar-refractivity contribution in [1.82, 2.24) is 4.98 Å². The Kier molecular flexibility index (Phi) is 5.67. The number of hydrogen-bond acceptors (Lipinski definition) is 3. The van der Waals surface area contributed by atoms with Crippen LogP contribution in [0.15, 0.2) is 54.7 Å². The number of anilines is 2. The minimum atomic E-state index is -1.43. The highest BCUT2D eigenvalue weighted by Gasteiger charge is 2.29. The summed E-state index contributed by atoms with van der Waals surface area (Å²) in [6.45, 7) is 0. The molecule has 1 amide bonds. The summed E-state index contributed by atoms with van der Waals surface area (Å²) in [6, 6.07) is 11.5. The summed E-state index contributed by atoms with van der Waals surface area (Å²) in [5.74, 6) is -5.22. The van der Waals surface area contributed by atoms with E-state index in [1.54, 1.807) is 19.0 Å². The fraction of sp³-hybridized carbons (Fsp3) is 0.185. The average molecular weight is 479 g/mol. The van der Waals surface area contributed by atoms with Crippen LogP contribution in [0.3, 0.4) is 0 Å². The van der Waals surface area contributed by atoms with Crippen molar-refractivity contribution >= 4 is 28.2 Å². The van der Waals surface area contributed by atoms with Gasteiger partial charge in [-0.3, -0.25) is 9.78 Å². The Morgan fingerprint density at radius 1 is 1.03 bits per heavy atom. The Morgan fingerprint density at radius 2 is 1.80 bits per heavy atom. The number of nitrogens with one attached hydrogen (secondary N) is 1. The van der Waals surface area contributed by atoms with Crippen molar-refractivity contribution in [2.75, 3.05) is 24.3 Å². The molecular weight excluding hydrogens is 458 g/mol. The van der Waals surface area contributed by atoms with E-state index in [0.29, 0.717) is 29.2 Å². The number of aromatic nitrogens is 1. The molecule has 1 N–H and O–H groups in total. The highest BCUT2D eigenvalue weighted by atomic mass is 19.2. The lowest BCUT2D eigenvalue weighted by Crippen LogP contribution is -2.22. The van der Waals surface area contributed by atoms with Gasteiger partial charge in [0.2, 0.25) is 5.91 Å². The molecule has 1 atom stereocenters. The number of carbonyl (C=O) groups excluding carboxylic acids is 1. The van der Waals surface area contributed by atoms with Crippen LogP contribution in [0.4, 0.5) is 28.9 Å². The SMILES string of the molecule is CN(C)c1c(NC(=O)[C@H]2CCc3ccccc32)cnc2c(-c3cc(F)cc(F)c3F)c(F)ccc12. The second-order valence-electron chi connectivity index (χ2n) is 8.76. The first kappa shape index (κ1) is 22.8. The van der Waals surface area contributed by atoms with Crippen LogP contribution in [0.25, 0.3) is 22.0 Å². The van der Waals surface area contributed by atoms with E-state index in [1.165, 1.54) is 12.3 Å². The van der Waals surface area contributed by atoms with E-state index in [4.69, 9.17) is 0 Å². The molecule has 3 aromatic carbocycles. The first-order valence-corrected chi connectivity index (χ1v) is 11.1. The quantitative estimate of drug-likeness (QED) is 0.280. The Labute approximate surface area is 199 Å². The lowest BCUT2D eigenvalue weighted by atomic mass is 9.98. The smallest absolute Gasteiger partial charge is 0.232 e. The van der Waals surface area contributed by atoms with Crippen molar-refractivity contribution in [2.45, 2.75) is 18.8 Å². The van der Waals surface area contributed by atoms with Gasteiger partial charge in [0, 0.05) is 36.7 Å². The average Bonchev–Trinajstić information content (AvgIpc) is 3.25. The zero-order valence-corrected chi connectivity index (χ0v) is 19.0. The fourth-order valence-electron chi connectivity index (χ4n) is 4.84. The van der Waals surface area contributed by atoms with Crippen LogP contribution in [0.5, 0.6) is 0 Å². The van der Waals surface area contributed by atoms with Gasteiger partial charge in [0.1, 0.15) is 11.6 Å².